The molecule has 0 radical (unpaired) electrons. The van der Waals surface area contributed by atoms with Crippen molar-refractivity contribution < 1.29 is 22.0 Å². The van der Waals surface area contributed by atoms with Crippen LogP contribution in [0.1, 0.15) is 24.8 Å². The molecule has 1 heterocycles. The first kappa shape index (κ1) is 19.8. The summed E-state index contributed by atoms with van der Waals surface area (Å²) in [5.41, 5.74) is -0.0547. The second kappa shape index (κ2) is 7.55. The molecule has 0 bridgehead atoms. The summed E-state index contributed by atoms with van der Waals surface area (Å²) in [6.07, 6.45) is -1.30. The van der Waals surface area contributed by atoms with Crippen LogP contribution < -0.4 is 10.6 Å². The molecular weight excluding hydrogens is 350 g/mol. The molecule has 1 saturated heterocycles. The first-order valence-electron chi connectivity index (χ1n) is 6.86. The highest BCUT2D eigenvalue weighted by Crippen LogP contribution is 2.30. The standard InChI is InChI=1S/C14H18F2N2O3S.ClH/c1-22(20,21)14(5-7-17-8-6-14)13(19)18-11-4-2-3-10(9-11)12(15)16;/h2-4,9,12,17H,5-8H2,1H3,(H,18,19);1H. The SMILES string of the molecule is CS(=O)(=O)C1(C(=O)Nc2cccc(C(F)F)c2)CCNCC1.Cl. The van der Waals surface area contributed by atoms with Crippen molar-refractivity contribution >= 4 is 33.8 Å². The molecule has 1 aliphatic heterocycles. The maximum atomic E-state index is 12.7. The lowest BCUT2D eigenvalue weighted by Crippen LogP contribution is -2.55. The van der Waals surface area contributed by atoms with Crippen LogP contribution in [0.5, 0.6) is 0 Å². The quantitative estimate of drug-likeness (QED) is 0.854. The number of rotatable bonds is 4. The zero-order valence-corrected chi connectivity index (χ0v) is 14.1. The lowest BCUT2D eigenvalue weighted by molar-refractivity contribution is -0.119. The van der Waals surface area contributed by atoms with Crippen molar-refractivity contribution in [3.05, 3.63) is 29.8 Å². The summed E-state index contributed by atoms with van der Waals surface area (Å²) in [6, 6.07) is 5.25. The molecular formula is C14H19ClF2N2O3S. The number of sulfone groups is 1. The van der Waals surface area contributed by atoms with Crippen molar-refractivity contribution in [2.75, 3.05) is 24.7 Å². The summed E-state index contributed by atoms with van der Waals surface area (Å²) in [7, 11) is -3.63. The third-order valence-corrected chi connectivity index (χ3v) is 5.94. The summed E-state index contributed by atoms with van der Waals surface area (Å²) in [4.78, 5) is 12.5. The van der Waals surface area contributed by atoms with Gasteiger partial charge < -0.3 is 10.6 Å². The van der Waals surface area contributed by atoms with Crippen LogP contribution in [0.3, 0.4) is 0 Å². The molecule has 0 saturated carbocycles. The predicted molar refractivity (Wildman–Crippen MR) is 87.0 cm³/mol. The van der Waals surface area contributed by atoms with Crippen LogP contribution in [0.15, 0.2) is 24.3 Å². The van der Waals surface area contributed by atoms with Crippen molar-refractivity contribution in [3.8, 4) is 0 Å². The summed E-state index contributed by atoms with van der Waals surface area (Å²) in [6.45, 7) is 0.828. The van der Waals surface area contributed by atoms with Gasteiger partial charge in [-0.15, -0.1) is 12.4 Å². The van der Waals surface area contributed by atoms with Gasteiger partial charge in [0, 0.05) is 17.5 Å². The Hall–Kier alpha value is -1.25. The molecule has 1 fully saturated rings. The summed E-state index contributed by atoms with van der Waals surface area (Å²) < 4.78 is 48.1. The van der Waals surface area contributed by atoms with Crippen LogP contribution in [0.4, 0.5) is 14.5 Å². The molecule has 0 unspecified atom stereocenters. The van der Waals surface area contributed by atoms with E-state index in [1.54, 1.807) is 0 Å². The maximum Gasteiger partial charge on any atom is 0.263 e. The number of piperidine rings is 1. The normalized spacial score (nSPS) is 17.4. The Morgan fingerprint density at radius 3 is 2.43 bits per heavy atom. The average Bonchev–Trinajstić information content (AvgIpc) is 2.47. The van der Waals surface area contributed by atoms with Crippen LogP contribution in [0, 0.1) is 0 Å². The number of carbonyl (C=O) groups excluding carboxylic acids is 1. The van der Waals surface area contributed by atoms with Gasteiger partial charge in [0.2, 0.25) is 5.91 Å². The summed E-state index contributed by atoms with van der Waals surface area (Å²) >= 11 is 0. The second-order valence-electron chi connectivity index (χ2n) is 5.40. The van der Waals surface area contributed by atoms with E-state index in [4.69, 9.17) is 0 Å². The Bertz CT molecular complexity index is 662. The topological polar surface area (TPSA) is 75.3 Å². The number of carbonyl (C=O) groups is 1. The minimum absolute atomic E-state index is 0. The molecule has 0 spiro atoms. The van der Waals surface area contributed by atoms with E-state index in [0.717, 1.165) is 12.3 Å². The number of amides is 1. The largest absolute Gasteiger partial charge is 0.325 e. The monoisotopic (exact) mass is 368 g/mol. The Labute approximate surface area is 140 Å². The van der Waals surface area contributed by atoms with Gasteiger partial charge in [0.25, 0.3) is 6.43 Å². The number of hydrogen-bond acceptors (Lipinski definition) is 4. The van der Waals surface area contributed by atoms with Crippen LogP contribution in [-0.2, 0) is 14.6 Å². The highest BCUT2D eigenvalue weighted by atomic mass is 35.5. The van der Waals surface area contributed by atoms with Crippen LogP contribution in [-0.4, -0.2) is 38.4 Å². The fraction of sp³-hybridized carbons (Fsp3) is 0.500. The first-order valence-corrected chi connectivity index (χ1v) is 8.75. The molecule has 1 aromatic carbocycles. The van der Waals surface area contributed by atoms with E-state index >= 15 is 0 Å². The van der Waals surface area contributed by atoms with E-state index in [-0.39, 0.29) is 36.5 Å². The number of benzene rings is 1. The van der Waals surface area contributed by atoms with Gasteiger partial charge in [-0.1, -0.05) is 12.1 Å². The van der Waals surface area contributed by atoms with E-state index in [0.29, 0.717) is 13.1 Å². The molecule has 1 amide bonds. The number of nitrogens with one attached hydrogen (secondary N) is 2. The van der Waals surface area contributed by atoms with Crippen molar-refractivity contribution in [3.63, 3.8) is 0 Å². The average molecular weight is 369 g/mol. The molecule has 0 aliphatic carbocycles. The molecule has 1 aliphatic rings. The van der Waals surface area contributed by atoms with Gasteiger partial charge in [0.15, 0.2) is 14.6 Å². The molecule has 9 heteroatoms. The Kier molecular flexibility index (Phi) is 6.49. The molecule has 5 nitrogen and oxygen atoms in total. The summed E-state index contributed by atoms with van der Waals surface area (Å²) in [5, 5.41) is 5.49. The molecule has 0 atom stereocenters. The van der Waals surface area contributed by atoms with E-state index in [9.17, 15) is 22.0 Å². The molecule has 0 aromatic heterocycles. The van der Waals surface area contributed by atoms with Crippen LogP contribution in [0.25, 0.3) is 0 Å². The van der Waals surface area contributed by atoms with Gasteiger partial charge in [-0.2, -0.15) is 0 Å². The lowest BCUT2D eigenvalue weighted by Gasteiger charge is -2.34. The van der Waals surface area contributed by atoms with Crippen LogP contribution >= 0.6 is 12.4 Å². The first-order chi connectivity index (χ1) is 10.3. The molecule has 2 N–H and O–H groups in total. The second-order valence-corrected chi connectivity index (χ2v) is 7.72. The molecule has 2 rings (SSSR count). The fourth-order valence-electron chi connectivity index (χ4n) is 2.59. The van der Waals surface area contributed by atoms with Gasteiger partial charge in [-0.25, -0.2) is 17.2 Å². The van der Waals surface area contributed by atoms with Gasteiger partial charge in [0.05, 0.1) is 0 Å². The predicted octanol–water partition coefficient (Wildman–Crippen LogP) is 2.15. The third kappa shape index (κ3) is 4.19. The molecule has 1 aromatic rings. The third-order valence-electron chi connectivity index (χ3n) is 3.93. The van der Waals surface area contributed by atoms with E-state index in [2.05, 4.69) is 10.6 Å². The lowest BCUT2D eigenvalue weighted by atomic mass is 9.95. The molecule has 23 heavy (non-hydrogen) atoms. The van der Waals surface area contributed by atoms with Gasteiger partial charge in [-0.05, 0) is 38.1 Å². The van der Waals surface area contributed by atoms with Gasteiger partial charge in [0.1, 0.15) is 0 Å². The van der Waals surface area contributed by atoms with E-state index < -0.39 is 26.9 Å². The number of hydrogen-bond donors (Lipinski definition) is 2. The minimum atomic E-state index is -3.63. The summed E-state index contributed by atoms with van der Waals surface area (Å²) in [5.74, 6) is -0.664. The van der Waals surface area contributed by atoms with Crippen molar-refractivity contribution in [2.45, 2.75) is 24.0 Å². The number of alkyl halides is 2. The van der Waals surface area contributed by atoms with Crippen molar-refractivity contribution in [2.24, 2.45) is 0 Å². The zero-order chi connectivity index (χ0) is 16.4. The Morgan fingerprint density at radius 2 is 1.91 bits per heavy atom. The maximum absolute atomic E-state index is 12.7. The minimum Gasteiger partial charge on any atom is -0.325 e. The highest BCUT2D eigenvalue weighted by Gasteiger charge is 2.48. The Morgan fingerprint density at radius 1 is 1.30 bits per heavy atom. The van der Waals surface area contributed by atoms with Crippen molar-refractivity contribution in [1.29, 1.82) is 0 Å². The van der Waals surface area contributed by atoms with E-state index in [1.165, 1.54) is 18.2 Å². The van der Waals surface area contributed by atoms with Gasteiger partial charge >= 0.3 is 0 Å². The van der Waals surface area contributed by atoms with Gasteiger partial charge in [-0.3, -0.25) is 4.79 Å². The van der Waals surface area contributed by atoms with E-state index in [1.807, 2.05) is 0 Å². The highest BCUT2D eigenvalue weighted by molar-refractivity contribution is 7.92. The zero-order valence-electron chi connectivity index (χ0n) is 12.5. The fourth-order valence-corrected chi connectivity index (χ4v) is 3.93. The van der Waals surface area contributed by atoms with Crippen LogP contribution in [0.2, 0.25) is 0 Å². The van der Waals surface area contributed by atoms with Crippen molar-refractivity contribution in [1.82, 2.24) is 5.32 Å². The smallest absolute Gasteiger partial charge is 0.263 e. The number of anilines is 1. The Balaban J connectivity index is 0.00000264. The molecule has 130 valence electrons. The number of halogens is 3.